The van der Waals surface area contributed by atoms with Gasteiger partial charge in [0.15, 0.2) is 0 Å². The number of anilines is 3. The van der Waals surface area contributed by atoms with Gasteiger partial charge in [-0.2, -0.15) is 0 Å². The van der Waals surface area contributed by atoms with Crippen molar-refractivity contribution in [2.24, 2.45) is 5.73 Å². The minimum atomic E-state index is -3.73. The number of rotatable bonds is 25. The molecular weight excluding hydrogens is 1280 g/mol. The molecule has 506 valence electrons. The van der Waals surface area contributed by atoms with Crippen LogP contribution in [0.25, 0.3) is 0 Å². The summed E-state index contributed by atoms with van der Waals surface area (Å²) in [6.07, 6.45) is 2.50. The molecule has 0 bridgehead atoms. The topological polar surface area (TPSA) is 290 Å². The average Bonchev–Trinajstić information content (AvgIpc) is 2.59. The lowest BCUT2D eigenvalue weighted by Crippen LogP contribution is -2.47. The number of nitrogens with two attached hydrogens (primary N) is 1. The molecule has 6 aromatic carbocycles. The number of sulfonamides is 2. The number of nitrogens with one attached hydrogen (secondary N) is 2. The molecule has 0 unspecified atom stereocenters. The fourth-order valence-electron chi connectivity index (χ4n) is 10.3. The third-order valence-corrected chi connectivity index (χ3v) is 19.8. The van der Waals surface area contributed by atoms with Crippen LogP contribution < -0.4 is 44.1 Å². The van der Waals surface area contributed by atoms with Gasteiger partial charge in [-0.25, -0.2) is 49.1 Å². The number of halogens is 1. The SMILES string of the molecule is COC(=O)c1ccc(S(=O)(=O)Cl)cc1.COC(=O)c1ccc(S(=O)(=O)NCCCN2CCN(c3ccccc3OC)CC2)cc1.COc1ccccc1N1CCN(CCCN)CC1.COc1ccccc1N1CCN(CCCNS(=O)(=O)c2ccc(C(=O)O)cc2)CC1. The van der Waals surface area contributed by atoms with Crippen LogP contribution in [0.3, 0.4) is 0 Å². The van der Waals surface area contributed by atoms with E-state index in [4.69, 9.17) is 35.7 Å². The number of methoxy groups -OCH3 is 5. The van der Waals surface area contributed by atoms with Crippen LogP contribution in [-0.2, 0) is 38.6 Å². The second kappa shape index (κ2) is 37.4. The van der Waals surface area contributed by atoms with Gasteiger partial charge >= 0.3 is 17.9 Å². The normalized spacial score (nSPS) is 14.8. The van der Waals surface area contributed by atoms with Crippen molar-refractivity contribution in [2.75, 3.05) is 168 Å². The lowest BCUT2D eigenvalue weighted by atomic mass is 10.2. The Morgan fingerprint density at radius 2 is 0.720 bits per heavy atom. The van der Waals surface area contributed by atoms with E-state index in [0.29, 0.717) is 31.5 Å². The van der Waals surface area contributed by atoms with Crippen molar-refractivity contribution in [2.45, 2.75) is 33.9 Å². The molecule has 6 aromatic rings. The smallest absolute Gasteiger partial charge is 0.337 e. The third-order valence-electron chi connectivity index (χ3n) is 15.5. The first-order valence-electron chi connectivity index (χ1n) is 30.3. The number of carboxylic acid groups (broad SMARTS) is 1. The maximum Gasteiger partial charge on any atom is 0.337 e. The molecule has 3 aliphatic rings. The lowest BCUT2D eigenvalue weighted by molar-refractivity contribution is 0.0592. The Labute approximate surface area is 551 Å². The Balaban J connectivity index is 0.000000206. The van der Waals surface area contributed by atoms with Crippen molar-refractivity contribution < 1.29 is 68.4 Å². The molecule has 0 spiro atoms. The number of carbonyl (C=O) groups excluding carboxylic acids is 2. The number of ether oxygens (including phenoxy) is 5. The molecule has 0 radical (unpaired) electrons. The second-order valence-electron chi connectivity index (χ2n) is 21.4. The summed E-state index contributed by atoms with van der Waals surface area (Å²) < 4.78 is 102. The molecule has 9 rings (SSSR count). The predicted molar refractivity (Wildman–Crippen MR) is 360 cm³/mol. The van der Waals surface area contributed by atoms with Gasteiger partial charge in [0, 0.05) is 102 Å². The minimum absolute atomic E-state index is 0.0492. The van der Waals surface area contributed by atoms with E-state index >= 15 is 0 Å². The van der Waals surface area contributed by atoms with Crippen molar-refractivity contribution >= 4 is 74.7 Å². The first-order valence-corrected chi connectivity index (χ1v) is 35.6. The molecule has 0 aromatic heterocycles. The number of para-hydroxylation sites is 6. The van der Waals surface area contributed by atoms with E-state index in [1.807, 2.05) is 48.5 Å². The molecule has 5 N–H and O–H groups in total. The number of carbonyl (C=O) groups is 3. The Hall–Kier alpha value is -7.57. The number of aromatic carboxylic acids is 1. The van der Waals surface area contributed by atoms with Crippen molar-refractivity contribution in [3.8, 4) is 17.2 Å². The average molecular weight is 1370 g/mol. The van der Waals surface area contributed by atoms with Crippen molar-refractivity contribution in [3.63, 3.8) is 0 Å². The molecule has 24 nitrogen and oxygen atoms in total. The maximum absolute atomic E-state index is 12.4. The van der Waals surface area contributed by atoms with Gasteiger partial charge in [-0.3, -0.25) is 14.7 Å². The quantitative estimate of drug-likeness (QED) is 0.0273. The Kier molecular flexibility index (Phi) is 29.9. The van der Waals surface area contributed by atoms with Crippen LogP contribution in [0.5, 0.6) is 17.2 Å². The molecule has 3 heterocycles. The molecule has 93 heavy (non-hydrogen) atoms. The number of esters is 2. The van der Waals surface area contributed by atoms with Crippen LogP contribution in [-0.4, -0.2) is 216 Å². The lowest BCUT2D eigenvalue weighted by Gasteiger charge is -2.36. The fraction of sp³-hybridized carbons (Fsp3) is 0.400. The highest BCUT2D eigenvalue weighted by Gasteiger charge is 2.24. The molecule has 0 atom stereocenters. The first kappa shape index (κ1) is 74.5. The Morgan fingerprint density at radius 1 is 0.430 bits per heavy atom. The van der Waals surface area contributed by atoms with Gasteiger partial charge in [-0.15, -0.1) is 0 Å². The number of carboxylic acids is 1. The standard InChI is InChI=1S/C22H29N3O5S.C21H27N3O5S.C14H23N3O.C8H7ClO4S/c1-29-21-7-4-3-6-20(21)25-16-14-24(15-17-25)13-5-12-23-31(27,28)19-10-8-18(9-11-19)22(26)30-2;1-29-20-6-3-2-5-19(20)24-15-13-23(14-16-24)12-4-11-22-30(27,28)18-9-7-17(8-10-18)21(25)26;1-18-14-6-3-2-5-13(14)17-11-9-16(10-12-17)8-4-7-15;1-13-8(10)6-2-4-7(5-3-6)14(9,11)12/h3-4,6-11,23H,5,12-17H2,1-2H3;2-3,5-10,22H,4,11-16H2,1H3,(H,25,26);2-3,5-6H,4,7-12,15H2,1H3;2-5H,1H3. The zero-order valence-electron chi connectivity index (χ0n) is 53.2. The van der Waals surface area contributed by atoms with Crippen LogP contribution in [0.2, 0.25) is 0 Å². The summed E-state index contributed by atoms with van der Waals surface area (Å²) >= 11 is 0. The zero-order chi connectivity index (χ0) is 67.4. The summed E-state index contributed by atoms with van der Waals surface area (Å²) in [4.78, 5) is 47.6. The molecule has 28 heteroatoms. The summed E-state index contributed by atoms with van der Waals surface area (Å²) in [5.74, 6) is 0.610. The van der Waals surface area contributed by atoms with Gasteiger partial charge in [0.1, 0.15) is 17.2 Å². The molecule has 0 amide bonds. The fourth-order valence-corrected chi connectivity index (χ4v) is 13.3. The van der Waals surface area contributed by atoms with Gasteiger partial charge in [-0.05, 0) is 155 Å². The van der Waals surface area contributed by atoms with Gasteiger partial charge < -0.3 is 49.2 Å². The summed E-state index contributed by atoms with van der Waals surface area (Å²) in [5.41, 5.74) is 9.61. The van der Waals surface area contributed by atoms with Crippen LogP contribution in [0, 0.1) is 0 Å². The molecular formula is C65H86ClN9O15S3. The highest BCUT2D eigenvalue weighted by molar-refractivity contribution is 8.13. The predicted octanol–water partition coefficient (Wildman–Crippen LogP) is 6.42. The van der Waals surface area contributed by atoms with Crippen LogP contribution in [0.4, 0.5) is 17.1 Å². The van der Waals surface area contributed by atoms with Gasteiger partial charge in [0.25, 0.3) is 9.05 Å². The van der Waals surface area contributed by atoms with Gasteiger partial charge in [-0.1, -0.05) is 36.4 Å². The molecule has 0 aliphatic carbocycles. The van der Waals surface area contributed by atoms with Crippen molar-refractivity contribution in [1.82, 2.24) is 24.1 Å². The Bertz CT molecular complexity index is 3650. The summed E-state index contributed by atoms with van der Waals surface area (Å²) in [6, 6.07) is 40.3. The number of piperazine rings is 3. The van der Waals surface area contributed by atoms with E-state index in [1.165, 1.54) is 92.7 Å². The number of hydrogen-bond donors (Lipinski definition) is 4. The molecule has 3 aliphatic heterocycles. The Morgan fingerprint density at radius 3 is 1.00 bits per heavy atom. The van der Waals surface area contributed by atoms with E-state index in [1.54, 1.807) is 21.3 Å². The second-order valence-corrected chi connectivity index (χ2v) is 27.5. The monoisotopic (exact) mass is 1360 g/mol. The molecule has 0 saturated carbocycles. The maximum atomic E-state index is 12.4. The van der Waals surface area contributed by atoms with Crippen LogP contribution in [0.1, 0.15) is 50.3 Å². The van der Waals surface area contributed by atoms with E-state index in [9.17, 15) is 39.6 Å². The van der Waals surface area contributed by atoms with E-state index in [2.05, 4.69) is 72.6 Å². The summed E-state index contributed by atoms with van der Waals surface area (Å²) in [5, 5.41) is 8.90. The largest absolute Gasteiger partial charge is 0.495 e. The number of hydrogen-bond acceptors (Lipinski definition) is 21. The van der Waals surface area contributed by atoms with E-state index < -0.39 is 47.0 Å². The van der Waals surface area contributed by atoms with E-state index in [-0.39, 0.29) is 25.8 Å². The molecule has 3 saturated heterocycles. The van der Waals surface area contributed by atoms with Crippen LogP contribution in [0.15, 0.2) is 160 Å². The highest BCUT2D eigenvalue weighted by Crippen LogP contribution is 2.31. The van der Waals surface area contributed by atoms with Crippen molar-refractivity contribution in [1.29, 1.82) is 0 Å². The van der Waals surface area contributed by atoms with Gasteiger partial charge in [0.05, 0.1) is 84.0 Å². The zero-order valence-corrected chi connectivity index (χ0v) is 56.4. The van der Waals surface area contributed by atoms with Crippen LogP contribution >= 0.6 is 10.7 Å². The van der Waals surface area contributed by atoms with Gasteiger partial charge in [0.2, 0.25) is 20.0 Å². The van der Waals surface area contributed by atoms with E-state index in [0.717, 1.165) is 140 Å². The number of benzene rings is 6. The van der Waals surface area contributed by atoms with Crippen molar-refractivity contribution in [3.05, 3.63) is 162 Å². The molecule has 3 fully saturated rings. The minimum Gasteiger partial charge on any atom is -0.495 e. The first-order chi connectivity index (χ1) is 44.6. The third kappa shape index (κ3) is 23.1. The summed E-state index contributed by atoms with van der Waals surface area (Å²) in [6.45, 7) is 15.8. The highest BCUT2D eigenvalue weighted by atomic mass is 35.7. The summed E-state index contributed by atoms with van der Waals surface area (Å²) in [7, 11) is 1.72. The number of nitrogens with zero attached hydrogens (tertiary/aromatic N) is 6.